The summed E-state index contributed by atoms with van der Waals surface area (Å²) < 4.78 is 2.08. The van der Waals surface area contributed by atoms with Gasteiger partial charge in [-0.25, -0.2) is 0 Å². The number of carbonyl (C=O) groups is 1. The minimum atomic E-state index is -0.404. The molecule has 1 aliphatic heterocycles. The van der Waals surface area contributed by atoms with Gasteiger partial charge in [0.05, 0.1) is 11.6 Å². The van der Waals surface area contributed by atoms with Gasteiger partial charge in [-0.1, -0.05) is 31.4 Å². The third kappa shape index (κ3) is 2.93. The summed E-state index contributed by atoms with van der Waals surface area (Å²) in [5.41, 5.74) is 6.75. The van der Waals surface area contributed by atoms with E-state index in [4.69, 9.17) is 10.8 Å². The Morgan fingerprint density at radius 2 is 1.88 bits per heavy atom. The van der Waals surface area contributed by atoms with E-state index in [9.17, 15) is 4.79 Å². The van der Waals surface area contributed by atoms with Gasteiger partial charge in [0.25, 0.3) is 5.91 Å². The SMILES string of the molecule is NC(=O)c1cccc2cn(C3CCCN(C4CCCCC4)C3)nc12. The molecule has 1 atom stereocenters. The number of carbonyl (C=O) groups excluding carboxylic acids is 1. The minimum Gasteiger partial charge on any atom is -0.366 e. The minimum absolute atomic E-state index is 0.397. The quantitative estimate of drug-likeness (QED) is 0.942. The molecule has 2 aliphatic rings. The van der Waals surface area contributed by atoms with Crippen molar-refractivity contribution in [2.45, 2.75) is 57.0 Å². The molecule has 2 fully saturated rings. The average Bonchev–Trinajstić information content (AvgIpc) is 3.06. The van der Waals surface area contributed by atoms with E-state index in [0.717, 1.165) is 29.9 Å². The molecule has 5 nitrogen and oxygen atoms in total. The summed E-state index contributed by atoms with van der Waals surface area (Å²) in [5, 5.41) is 5.73. The number of benzene rings is 1. The highest BCUT2D eigenvalue weighted by Gasteiger charge is 2.28. The van der Waals surface area contributed by atoms with Crippen LogP contribution in [0.15, 0.2) is 24.4 Å². The molecule has 1 unspecified atom stereocenters. The zero-order valence-corrected chi connectivity index (χ0v) is 14.2. The predicted octanol–water partition coefficient (Wildman–Crippen LogP) is 3.10. The molecule has 128 valence electrons. The summed E-state index contributed by atoms with van der Waals surface area (Å²) >= 11 is 0. The summed E-state index contributed by atoms with van der Waals surface area (Å²) in [6.45, 7) is 2.29. The van der Waals surface area contributed by atoms with Crippen LogP contribution in [0.1, 0.15) is 61.3 Å². The van der Waals surface area contributed by atoms with Crippen LogP contribution in [0.25, 0.3) is 10.9 Å². The zero-order valence-electron chi connectivity index (χ0n) is 14.2. The first-order valence-corrected chi connectivity index (χ1v) is 9.24. The van der Waals surface area contributed by atoms with Crippen molar-refractivity contribution in [3.05, 3.63) is 30.0 Å². The fourth-order valence-electron chi connectivity index (χ4n) is 4.43. The summed E-state index contributed by atoms with van der Waals surface area (Å²) in [6.07, 6.45) is 11.3. The maximum Gasteiger partial charge on any atom is 0.250 e. The van der Waals surface area contributed by atoms with E-state index < -0.39 is 5.91 Å². The maximum absolute atomic E-state index is 11.6. The Labute approximate surface area is 142 Å². The van der Waals surface area contributed by atoms with E-state index in [1.54, 1.807) is 6.07 Å². The standard InChI is InChI=1S/C19H26N4O/c20-19(24)17-10-4-6-14-12-23(21-18(14)17)16-9-5-11-22(13-16)15-7-2-1-3-8-15/h4,6,10,12,15-16H,1-3,5,7-9,11,13H2,(H2,20,24). The number of aromatic nitrogens is 2. The Bertz CT molecular complexity index is 732. The lowest BCUT2D eigenvalue weighted by atomic mass is 9.92. The Balaban J connectivity index is 1.57. The average molecular weight is 326 g/mol. The highest BCUT2D eigenvalue weighted by atomic mass is 16.1. The van der Waals surface area contributed by atoms with E-state index in [0.29, 0.717) is 11.6 Å². The molecule has 1 amide bonds. The normalized spacial score (nSPS) is 23.6. The molecule has 0 radical (unpaired) electrons. The van der Waals surface area contributed by atoms with Crippen LogP contribution in [0.2, 0.25) is 0 Å². The summed E-state index contributed by atoms with van der Waals surface area (Å²) in [4.78, 5) is 14.3. The lowest BCUT2D eigenvalue weighted by Crippen LogP contribution is -2.44. The molecule has 1 aromatic carbocycles. The van der Waals surface area contributed by atoms with Gasteiger partial charge in [-0.3, -0.25) is 14.4 Å². The monoisotopic (exact) mass is 326 g/mol. The van der Waals surface area contributed by atoms with Crippen LogP contribution in [0.3, 0.4) is 0 Å². The summed E-state index contributed by atoms with van der Waals surface area (Å²) in [5.74, 6) is -0.404. The van der Waals surface area contributed by atoms with E-state index in [1.165, 1.54) is 45.1 Å². The van der Waals surface area contributed by atoms with Crippen molar-refractivity contribution in [2.24, 2.45) is 5.73 Å². The number of fused-ring (bicyclic) bond motifs is 1. The van der Waals surface area contributed by atoms with Gasteiger partial charge in [-0.2, -0.15) is 5.10 Å². The van der Waals surface area contributed by atoms with Crippen molar-refractivity contribution in [3.63, 3.8) is 0 Å². The van der Waals surface area contributed by atoms with Crippen molar-refractivity contribution in [3.8, 4) is 0 Å². The molecule has 24 heavy (non-hydrogen) atoms. The van der Waals surface area contributed by atoms with Crippen molar-refractivity contribution in [2.75, 3.05) is 13.1 Å². The number of amides is 1. The van der Waals surface area contributed by atoms with E-state index in [2.05, 4.69) is 15.8 Å². The van der Waals surface area contributed by atoms with Crippen LogP contribution in [-0.4, -0.2) is 39.7 Å². The second-order valence-electron chi connectivity index (χ2n) is 7.30. The van der Waals surface area contributed by atoms with Gasteiger partial charge in [0.1, 0.15) is 5.52 Å². The molecule has 5 heteroatoms. The van der Waals surface area contributed by atoms with Gasteiger partial charge in [-0.05, 0) is 38.3 Å². The number of likely N-dealkylation sites (tertiary alicyclic amines) is 1. The van der Waals surface area contributed by atoms with Gasteiger partial charge in [0, 0.05) is 24.2 Å². The molecule has 4 rings (SSSR count). The van der Waals surface area contributed by atoms with E-state index in [1.807, 2.05) is 12.1 Å². The van der Waals surface area contributed by atoms with Crippen molar-refractivity contribution in [1.29, 1.82) is 0 Å². The molecule has 2 aromatic rings. The van der Waals surface area contributed by atoms with Crippen LogP contribution in [0, 0.1) is 0 Å². The van der Waals surface area contributed by atoms with Gasteiger partial charge in [-0.15, -0.1) is 0 Å². The molecule has 0 bridgehead atoms. The Morgan fingerprint density at radius 3 is 2.67 bits per heavy atom. The molecule has 1 saturated heterocycles. The molecular weight excluding hydrogens is 300 g/mol. The summed E-state index contributed by atoms with van der Waals surface area (Å²) in [6, 6.07) is 6.80. The second-order valence-corrected chi connectivity index (χ2v) is 7.30. The maximum atomic E-state index is 11.6. The molecule has 2 N–H and O–H groups in total. The second kappa shape index (κ2) is 6.55. The first-order valence-electron chi connectivity index (χ1n) is 9.24. The van der Waals surface area contributed by atoms with Gasteiger partial charge >= 0.3 is 0 Å². The topological polar surface area (TPSA) is 64.2 Å². The number of rotatable bonds is 3. The first kappa shape index (κ1) is 15.6. The number of piperidine rings is 1. The fraction of sp³-hybridized carbons (Fsp3) is 0.579. The van der Waals surface area contributed by atoms with Crippen LogP contribution in [0.5, 0.6) is 0 Å². The van der Waals surface area contributed by atoms with E-state index >= 15 is 0 Å². The van der Waals surface area contributed by atoms with Crippen LogP contribution in [-0.2, 0) is 0 Å². The van der Waals surface area contributed by atoms with Gasteiger partial charge in [0.2, 0.25) is 0 Å². The van der Waals surface area contributed by atoms with Crippen LogP contribution in [0.4, 0.5) is 0 Å². The zero-order chi connectivity index (χ0) is 16.5. The molecule has 2 heterocycles. The summed E-state index contributed by atoms with van der Waals surface area (Å²) in [7, 11) is 0. The van der Waals surface area contributed by atoms with Crippen LogP contribution < -0.4 is 5.73 Å². The Hall–Kier alpha value is -1.88. The first-order chi connectivity index (χ1) is 11.7. The Kier molecular flexibility index (Phi) is 4.27. The number of hydrogen-bond donors (Lipinski definition) is 1. The van der Waals surface area contributed by atoms with Gasteiger partial charge in [0.15, 0.2) is 0 Å². The molecule has 0 spiro atoms. The largest absolute Gasteiger partial charge is 0.366 e. The molecule has 1 aliphatic carbocycles. The number of nitrogens with two attached hydrogens (primary N) is 1. The smallest absolute Gasteiger partial charge is 0.250 e. The number of hydrogen-bond acceptors (Lipinski definition) is 3. The number of primary amides is 1. The fourth-order valence-corrected chi connectivity index (χ4v) is 4.43. The van der Waals surface area contributed by atoms with Crippen LogP contribution >= 0.6 is 0 Å². The third-order valence-electron chi connectivity index (χ3n) is 5.71. The van der Waals surface area contributed by atoms with Crippen molar-refractivity contribution >= 4 is 16.8 Å². The molecular formula is C19H26N4O. The highest BCUT2D eigenvalue weighted by molar-refractivity contribution is 6.04. The molecule has 1 aromatic heterocycles. The van der Waals surface area contributed by atoms with Crippen molar-refractivity contribution < 1.29 is 4.79 Å². The highest BCUT2D eigenvalue weighted by Crippen LogP contribution is 2.30. The number of nitrogens with zero attached hydrogens (tertiary/aromatic N) is 3. The lowest BCUT2D eigenvalue weighted by molar-refractivity contribution is 0.0976. The van der Waals surface area contributed by atoms with Crippen molar-refractivity contribution in [1.82, 2.24) is 14.7 Å². The Morgan fingerprint density at radius 1 is 1.08 bits per heavy atom. The molecule has 1 saturated carbocycles. The van der Waals surface area contributed by atoms with E-state index in [-0.39, 0.29) is 0 Å². The predicted molar refractivity (Wildman–Crippen MR) is 95.0 cm³/mol. The third-order valence-corrected chi connectivity index (χ3v) is 5.71. The lowest BCUT2D eigenvalue weighted by Gasteiger charge is -2.40. The van der Waals surface area contributed by atoms with Gasteiger partial charge < -0.3 is 5.73 Å².